The summed E-state index contributed by atoms with van der Waals surface area (Å²) >= 11 is 1.51. The number of rotatable bonds is 7. The summed E-state index contributed by atoms with van der Waals surface area (Å²) in [5.41, 5.74) is 3.12. The maximum atomic E-state index is 12.0. The average molecular weight is 292 g/mol. The predicted octanol–water partition coefficient (Wildman–Crippen LogP) is 2.10. The van der Waals surface area contributed by atoms with Crippen molar-refractivity contribution >= 4 is 17.2 Å². The Balaban J connectivity index is 1.99. The summed E-state index contributed by atoms with van der Waals surface area (Å²) in [6.45, 7) is 1.30. The van der Waals surface area contributed by atoms with E-state index in [1.165, 1.54) is 11.3 Å². The lowest BCUT2D eigenvalue weighted by molar-refractivity contribution is 0.0932. The Hall–Kier alpha value is -1.92. The Kier molecular flexibility index (Phi) is 5.52. The maximum Gasteiger partial charge on any atom is 0.255 e. The lowest BCUT2D eigenvalue weighted by Gasteiger charge is -2.10. The van der Waals surface area contributed by atoms with Crippen LogP contribution >= 0.6 is 11.3 Å². The molecule has 6 heteroatoms. The van der Waals surface area contributed by atoms with E-state index in [1.54, 1.807) is 30.8 Å². The van der Waals surface area contributed by atoms with Gasteiger partial charge in [-0.1, -0.05) is 12.1 Å². The van der Waals surface area contributed by atoms with Gasteiger partial charge < -0.3 is 14.8 Å². The first-order valence-corrected chi connectivity index (χ1v) is 7.11. The summed E-state index contributed by atoms with van der Waals surface area (Å²) in [7, 11) is 1.59. The van der Waals surface area contributed by atoms with Crippen LogP contribution in [0.5, 0.6) is 5.75 Å². The van der Waals surface area contributed by atoms with Crippen molar-refractivity contribution in [2.24, 2.45) is 0 Å². The van der Waals surface area contributed by atoms with E-state index in [-0.39, 0.29) is 5.91 Å². The Morgan fingerprint density at radius 3 is 3.00 bits per heavy atom. The van der Waals surface area contributed by atoms with Gasteiger partial charge in [0.25, 0.3) is 5.91 Å². The summed E-state index contributed by atoms with van der Waals surface area (Å²) in [6, 6.07) is 7.15. The first kappa shape index (κ1) is 14.5. The second-order valence-corrected chi connectivity index (χ2v) is 4.73. The third-order valence-electron chi connectivity index (χ3n) is 2.58. The quantitative estimate of drug-likeness (QED) is 0.794. The summed E-state index contributed by atoms with van der Waals surface area (Å²) in [6.07, 6.45) is 0. The molecule has 1 aromatic carbocycles. The molecule has 0 unspecified atom stereocenters. The molecule has 0 saturated heterocycles. The van der Waals surface area contributed by atoms with Gasteiger partial charge in [0.1, 0.15) is 12.4 Å². The molecule has 1 N–H and O–H groups in total. The van der Waals surface area contributed by atoms with E-state index < -0.39 is 0 Å². The summed E-state index contributed by atoms with van der Waals surface area (Å²) in [5, 5.41) is 4.69. The highest BCUT2D eigenvalue weighted by molar-refractivity contribution is 7.07. The maximum absolute atomic E-state index is 12.0. The molecular weight excluding hydrogens is 276 g/mol. The number of benzene rings is 1. The van der Waals surface area contributed by atoms with Gasteiger partial charge in [-0.05, 0) is 12.1 Å². The number of thiazole rings is 1. The van der Waals surface area contributed by atoms with Crippen molar-refractivity contribution in [2.75, 3.05) is 20.3 Å². The van der Waals surface area contributed by atoms with Gasteiger partial charge in [-0.25, -0.2) is 4.98 Å². The van der Waals surface area contributed by atoms with Crippen molar-refractivity contribution in [1.82, 2.24) is 10.3 Å². The molecule has 1 heterocycles. The summed E-state index contributed by atoms with van der Waals surface area (Å²) in [5.74, 6) is 0.381. The average Bonchev–Trinajstić information content (AvgIpc) is 2.99. The fraction of sp³-hybridized carbons (Fsp3) is 0.286. The second kappa shape index (κ2) is 7.62. The number of hydrogen-bond donors (Lipinski definition) is 1. The highest BCUT2D eigenvalue weighted by Crippen LogP contribution is 2.19. The van der Waals surface area contributed by atoms with Gasteiger partial charge in [0.05, 0.1) is 23.4 Å². The fourth-order valence-electron chi connectivity index (χ4n) is 1.60. The topological polar surface area (TPSA) is 60.5 Å². The Bertz CT molecular complexity index is 543. The molecule has 1 amide bonds. The van der Waals surface area contributed by atoms with Crippen molar-refractivity contribution in [3.05, 3.63) is 46.4 Å². The Morgan fingerprint density at radius 1 is 1.40 bits per heavy atom. The highest BCUT2D eigenvalue weighted by Gasteiger charge is 2.11. The van der Waals surface area contributed by atoms with E-state index in [4.69, 9.17) is 9.47 Å². The second-order valence-electron chi connectivity index (χ2n) is 4.01. The van der Waals surface area contributed by atoms with Gasteiger partial charge in [-0.15, -0.1) is 11.3 Å². The van der Waals surface area contributed by atoms with Crippen molar-refractivity contribution < 1.29 is 14.3 Å². The molecule has 0 aliphatic heterocycles. The first-order valence-electron chi connectivity index (χ1n) is 6.17. The van der Waals surface area contributed by atoms with E-state index in [0.717, 1.165) is 5.69 Å². The van der Waals surface area contributed by atoms with Crippen LogP contribution in [0.1, 0.15) is 16.1 Å². The molecule has 106 valence electrons. The number of carbonyl (C=O) groups excluding carboxylic acids is 1. The molecule has 0 fully saturated rings. The number of nitrogens with zero attached hydrogens (tertiary/aromatic N) is 1. The standard InChI is InChI=1S/C14H16N2O3S/c1-18-7-6-15-14(17)12-4-2-3-5-13(12)19-8-11-9-20-10-16-11/h2-5,9-10H,6-8H2,1H3,(H,15,17). The zero-order chi connectivity index (χ0) is 14.2. The lowest BCUT2D eigenvalue weighted by atomic mass is 10.2. The van der Waals surface area contributed by atoms with Crippen LogP contribution in [0.3, 0.4) is 0 Å². The third-order valence-corrected chi connectivity index (χ3v) is 3.22. The predicted molar refractivity (Wildman–Crippen MR) is 77.1 cm³/mol. The number of aromatic nitrogens is 1. The number of para-hydroxylation sites is 1. The van der Waals surface area contributed by atoms with E-state index in [2.05, 4.69) is 10.3 Å². The minimum absolute atomic E-state index is 0.170. The fourth-order valence-corrected chi connectivity index (χ4v) is 2.15. The number of ether oxygens (including phenoxy) is 2. The molecule has 1 aromatic heterocycles. The zero-order valence-electron chi connectivity index (χ0n) is 11.2. The zero-order valence-corrected chi connectivity index (χ0v) is 12.0. The van der Waals surface area contributed by atoms with Gasteiger partial charge in [0.15, 0.2) is 0 Å². The number of nitrogens with one attached hydrogen (secondary N) is 1. The van der Waals surface area contributed by atoms with E-state index in [1.807, 2.05) is 11.4 Å². The Morgan fingerprint density at radius 2 is 2.25 bits per heavy atom. The van der Waals surface area contributed by atoms with Crippen LogP contribution in [0.15, 0.2) is 35.2 Å². The van der Waals surface area contributed by atoms with Crippen LogP contribution in [-0.4, -0.2) is 31.2 Å². The number of amides is 1. The number of carbonyl (C=O) groups is 1. The molecule has 2 rings (SSSR count). The Labute approximate surface area is 121 Å². The van der Waals surface area contributed by atoms with Crippen LogP contribution in [0.2, 0.25) is 0 Å². The van der Waals surface area contributed by atoms with Crippen molar-refractivity contribution in [3.63, 3.8) is 0 Å². The van der Waals surface area contributed by atoms with Gasteiger partial charge in [-0.3, -0.25) is 4.79 Å². The van der Waals surface area contributed by atoms with Crippen molar-refractivity contribution in [3.8, 4) is 5.75 Å². The molecule has 20 heavy (non-hydrogen) atoms. The van der Waals surface area contributed by atoms with Gasteiger partial charge >= 0.3 is 0 Å². The van der Waals surface area contributed by atoms with Gasteiger partial charge in [-0.2, -0.15) is 0 Å². The molecule has 0 saturated carbocycles. The molecule has 0 spiro atoms. The van der Waals surface area contributed by atoms with Crippen LogP contribution in [0.4, 0.5) is 0 Å². The number of methoxy groups -OCH3 is 1. The molecule has 0 radical (unpaired) electrons. The van der Waals surface area contributed by atoms with E-state index in [9.17, 15) is 4.79 Å². The summed E-state index contributed by atoms with van der Waals surface area (Å²) in [4.78, 5) is 16.2. The van der Waals surface area contributed by atoms with Gasteiger partial charge in [0.2, 0.25) is 0 Å². The molecule has 5 nitrogen and oxygen atoms in total. The van der Waals surface area contributed by atoms with Crippen LogP contribution in [0, 0.1) is 0 Å². The third kappa shape index (κ3) is 4.04. The first-order chi connectivity index (χ1) is 9.81. The van der Waals surface area contributed by atoms with Crippen molar-refractivity contribution in [2.45, 2.75) is 6.61 Å². The van der Waals surface area contributed by atoms with Crippen LogP contribution in [-0.2, 0) is 11.3 Å². The van der Waals surface area contributed by atoms with Crippen molar-refractivity contribution in [1.29, 1.82) is 0 Å². The minimum Gasteiger partial charge on any atom is -0.486 e. The van der Waals surface area contributed by atoms with Gasteiger partial charge in [0, 0.05) is 19.0 Å². The van der Waals surface area contributed by atoms with E-state index in [0.29, 0.717) is 31.1 Å². The molecule has 2 aromatic rings. The molecule has 0 bridgehead atoms. The van der Waals surface area contributed by atoms with Crippen LogP contribution in [0.25, 0.3) is 0 Å². The normalized spacial score (nSPS) is 10.2. The lowest BCUT2D eigenvalue weighted by Crippen LogP contribution is -2.27. The largest absolute Gasteiger partial charge is 0.486 e. The monoisotopic (exact) mass is 292 g/mol. The smallest absolute Gasteiger partial charge is 0.255 e. The summed E-state index contributed by atoms with van der Waals surface area (Å²) < 4.78 is 10.6. The van der Waals surface area contributed by atoms with Crippen LogP contribution < -0.4 is 10.1 Å². The van der Waals surface area contributed by atoms with E-state index >= 15 is 0 Å². The molecule has 0 aliphatic rings. The minimum atomic E-state index is -0.170. The number of hydrogen-bond acceptors (Lipinski definition) is 5. The highest BCUT2D eigenvalue weighted by atomic mass is 32.1. The molecular formula is C14H16N2O3S. The molecule has 0 atom stereocenters. The SMILES string of the molecule is COCCNC(=O)c1ccccc1OCc1cscn1. The molecule has 0 aliphatic carbocycles.